The van der Waals surface area contributed by atoms with Gasteiger partial charge in [-0.25, -0.2) is 4.79 Å². The summed E-state index contributed by atoms with van der Waals surface area (Å²) in [4.78, 5) is 36.5. The minimum atomic E-state index is -0.528. The fourth-order valence-corrected chi connectivity index (χ4v) is 4.75. The maximum absolute atomic E-state index is 12.6. The Balaban J connectivity index is 1.75. The Morgan fingerprint density at radius 3 is 2.71 bits per heavy atom. The monoisotopic (exact) mass is 448 g/mol. The first-order chi connectivity index (χ1) is 14.9. The summed E-state index contributed by atoms with van der Waals surface area (Å²) in [6.07, 6.45) is 3.67. The van der Waals surface area contributed by atoms with E-state index in [1.807, 2.05) is 0 Å². The van der Waals surface area contributed by atoms with Crippen molar-refractivity contribution in [1.29, 1.82) is 0 Å². The Hall–Kier alpha value is -3.18. The molecule has 11 heteroatoms. The number of hydrogen-bond donors (Lipinski definition) is 4. The van der Waals surface area contributed by atoms with Gasteiger partial charge >= 0.3 is 5.97 Å². The zero-order valence-corrected chi connectivity index (χ0v) is 17.8. The van der Waals surface area contributed by atoms with Crippen LogP contribution in [-0.4, -0.2) is 48.7 Å². The molecule has 0 saturated heterocycles. The van der Waals surface area contributed by atoms with Gasteiger partial charge in [0.15, 0.2) is 0 Å². The second kappa shape index (κ2) is 10.2. The maximum Gasteiger partial charge on any atom is 0.341 e. The fourth-order valence-electron chi connectivity index (χ4n) is 3.46. The van der Waals surface area contributed by atoms with E-state index in [0.717, 1.165) is 36.1 Å². The van der Waals surface area contributed by atoms with Gasteiger partial charge in [0.2, 0.25) is 5.91 Å². The zero-order chi connectivity index (χ0) is 22.4. The molecule has 31 heavy (non-hydrogen) atoms. The van der Waals surface area contributed by atoms with E-state index < -0.39 is 16.8 Å². The first-order valence-corrected chi connectivity index (χ1v) is 10.7. The van der Waals surface area contributed by atoms with Crippen molar-refractivity contribution in [2.45, 2.75) is 25.7 Å². The molecule has 0 radical (unpaired) electrons. The van der Waals surface area contributed by atoms with Crippen molar-refractivity contribution in [3.63, 3.8) is 0 Å². The molecular formula is C20H24N4O6S. The van der Waals surface area contributed by atoms with Gasteiger partial charge in [0.1, 0.15) is 5.00 Å². The van der Waals surface area contributed by atoms with E-state index in [0.29, 0.717) is 21.9 Å². The summed E-state index contributed by atoms with van der Waals surface area (Å²) in [6.45, 7) is -0.0314. The number of fused-ring (bicyclic) bond motifs is 1. The molecule has 1 aromatic heterocycles. The van der Waals surface area contributed by atoms with Crippen LogP contribution in [0.25, 0.3) is 0 Å². The summed E-state index contributed by atoms with van der Waals surface area (Å²) < 4.78 is 4.91. The van der Waals surface area contributed by atoms with Crippen LogP contribution in [0, 0.1) is 10.1 Å². The lowest BCUT2D eigenvalue weighted by Gasteiger charge is -2.13. The molecule has 1 heterocycles. The van der Waals surface area contributed by atoms with Crippen molar-refractivity contribution in [3.8, 4) is 0 Å². The molecule has 0 fully saturated rings. The number of rotatable bonds is 9. The highest BCUT2D eigenvalue weighted by atomic mass is 32.1. The molecule has 1 aliphatic carbocycles. The molecule has 1 aliphatic rings. The van der Waals surface area contributed by atoms with Crippen LogP contribution in [0.2, 0.25) is 0 Å². The lowest BCUT2D eigenvalue weighted by molar-refractivity contribution is -0.384. The summed E-state index contributed by atoms with van der Waals surface area (Å²) in [7, 11) is 1.31. The standard InChI is InChI=1S/C20H24N4O6S/c1-30-20(27)18-13-4-2-3-5-16(13)31-19(18)23-17(26)11-22-15-10-12(24(28)29)6-7-14(15)21-8-9-25/h6-7,10,21-22,25H,2-5,8-9,11H2,1H3,(H,23,26). The van der Waals surface area contributed by atoms with Gasteiger partial charge in [-0.1, -0.05) is 0 Å². The first-order valence-electron chi connectivity index (χ1n) is 9.84. The Morgan fingerprint density at radius 2 is 2.00 bits per heavy atom. The van der Waals surface area contributed by atoms with Crippen LogP contribution in [0.1, 0.15) is 33.6 Å². The number of aryl methyl sites for hydroxylation is 1. The number of ether oxygens (including phenoxy) is 1. The quantitative estimate of drug-likeness (QED) is 0.261. The van der Waals surface area contributed by atoms with Crippen molar-refractivity contribution in [2.24, 2.45) is 0 Å². The lowest BCUT2D eigenvalue weighted by Crippen LogP contribution is -2.23. The van der Waals surface area contributed by atoms with Crippen molar-refractivity contribution in [3.05, 3.63) is 44.3 Å². The third kappa shape index (κ3) is 5.30. The van der Waals surface area contributed by atoms with Gasteiger partial charge in [0.25, 0.3) is 5.69 Å². The molecule has 0 saturated carbocycles. The second-order valence-corrected chi connectivity index (χ2v) is 8.05. The molecule has 4 N–H and O–H groups in total. The third-order valence-corrected chi connectivity index (χ3v) is 6.10. The molecule has 3 rings (SSSR count). The Kier molecular flexibility index (Phi) is 7.42. The van der Waals surface area contributed by atoms with Crippen LogP contribution in [0.3, 0.4) is 0 Å². The van der Waals surface area contributed by atoms with Crippen LogP contribution in [-0.2, 0) is 22.4 Å². The molecule has 0 aliphatic heterocycles. The molecule has 166 valence electrons. The Morgan fingerprint density at radius 1 is 1.23 bits per heavy atom. The molecule has 0 atom stereocenters. The number of benzene rings is 1. The number of carbonyl (C=O) groups excluding carboxylic acids is 2. The van der Waals surface area contributed by atoms with E-state index in [1.165, 1.54) is 36.6 Å². The zero-order valence-electron chi connectivity index (χ0n) is 17.0. The number of esters is 1. The Bertz CT molecular complexity index is 990. The van der Waals surface area contributed by atoms with Gasteiger partial charge in [-0.2, -0.15) is 0 Å². The maximum atomic E-state index is 12.6. The number of aliphatic hydroxyl groups is 1. The van der Waals surface area contributed by atoms with Crippen LogP contribution >= 0.6 is 11.3 Å². The highest BCUT2D eigenvalue weighted by Crippen LogP contribution is 2.38. The van der Waals surface area contributed by atoms with Crippen LogP contribution in [0.5, 0.6) is 0 Å². The smallest absolute Gasteiger partial charge is 0.341 e. The third-order valence-electron chi connectivity index (χ3n) is 4.89. The highest BCUT2D eigenvalue weighted by Gasteiger charge is 2.27. The van der Waals surface area contributed by atoms with Crippen LogP contribution in [0.4, 0.5) is 22.1 Å². The predicted molar refractivity (Wildman–Crippen MR) is 118 cm³/mol. The van der Waals surface area contributed by atoms with Gasteiger partial charge in [-0.05, 0) is 37.3 Å². The van der Waals surface area contributed by atoms with E-state index in [1.54, 1.807) is 0 Å². The minimum absolute atomic E-state index is 0.115. The van der Waals surface area contributed by atoms with Crippen molar-refractivity contribution in [2.75, 3.05) is 42.8 Å². The van der Waals surface area contributed by atoms with Gasteiger partial charge in [0.05, 0.1) is 42.1 Å². The summed E-state index contributed by atoms with van der Waals surface area (Å²) >= 11 is 1.39. The van der Waals surface area contributed by atoms with Crippen molar-refractivity contribution >= 4 is 45.3 Å². The van der Waals surface area contributed by atoms with Crippen LogP contribution in [0.15, 0.2) is 18.2 Å². The Labute approximate surface area is 182 Å². The molecule has 0 spiro atoms. The van der Waals surface area contributed by atoms with E-state index in [9.17, 15) is 19.7 Å². The molecule has 10 nitrogen and oxygen atoms in total. The number of nitrogens with one attached hydrogen (secondary N) is 3. The number of nitro groups is 1. The number of methoxy groups -OCH3 is 1. The van der Waals surface area contributed by atoms with Crippen LogP contribution < -0.4 is 16.0 Å². The van der Waals surface area contributed by atoms with Gasteiger partial charge < -0.3 is 25.8 Å². The number of non-ortho nitro benzene ring substituents is 1. The van der Waals surface area contributed by atoms with E-state index >= 15 is 0 Å². The largest absolute Gasteiger partial charge is 0.465 e. The number of nitro benzene ring substituents is 1. The minimum Gasteiger partial charge on any atom is -0.465 e. The summed E-state index contributed by atoms with van der Waals surface area (Å²) in [5.74, 6) is -0.875. The number of nitrogens with zero attached hydrogens (tertiary/aromatic N) is 1. The molecule has 1 aromatic carbocycles. The average molecular weight is 449 g/mol. The average Bonchev–Trinajstić information content (AvgIpc) is 3.13. The normalized spacial score (nSPS) is 12.6. The lowest BCUT2D eigenvalue weighted by atomic mass is 9.95. The number of hydrogen-bond acceptors (Lipinski definition) is 9. The highest BCUT2D eigenvalue weighted by molar-refractivity contribution is 7.17. The van der Waals surface area contributed by atoms with E-state index in [2.05, 4.69) is 16.0 Å². The number of carbonyl (C=O) groups is 2. The first kappa shape index (κ1) is 22.5. The van der Waals surface area contributed by atoms with Crippen molar-refractivity contribution in [1.82, 2.24) is 0 Å². The fraction of sp³-hybridized carbons (Fsp3) is 0.400. The summed E-state index contributed by atoms with van der Waals surface area (Å²) in [5, 5.41) is 29.2. The van der Waals surface area contributed by atoms with E-state index in [4.69, 9.17) is 9.84 Å². The predicted octanol–water partition coefficient (Wildman–Crippen LogP) is 2.78. The number of aliphatic hydroxyl groups excluding tert-OH is 1. The number of anilines is 3. The molecular weight excluding hydrogens is 424 g/mol. The number of amides is 1. The number of thiophene rings is 1. The summed E-state index contributed by atoms with van der Waals surface area (Å²) in [6, 6.07) is 4.16. The molecule has 0 unspecified atom stereocenters. The molecule has 1 amide bonds. The van der Waals surface area contributed by atoms with Gasteiger partial charge in [-0.3, -0.25) is 14.9 Å². The topological polar surface area (TPSA) is 143 Å². The molecule has 0 bridgehead atoms. The van der Waals surface area contributed by atoms with E-state index in [-0.39, 0.29) is 25.4 Å². The summed E-state index contributed by atoms with van der Waals surface area (Å²) in [5.41, 5.74) is 2.11. The molecule has 2 aromatic rings. The van der Waals surface area contributed by atoms with Gasteiger partial charge in [0, 0.05) is 23.6 Å². The van der Waals surface area contributed by atoms with Crippen molar-refractivity contribution < 1.29 is 24.4 Å². The van der Waals surface area contributed by atoms with Gasteiger partial charge in [-0.15, -0.1) is 11.3 Å². The SMILES string of the molecule is COC(=O)c1c(NC(=O)CNc2cc([N+](=O)[O-])ccc2NCCO)sc2c1CCCC2. The second-order valence-electron chi connectivity index (χ2n) is 6.95.